The summed E-state index contributed by atoms with van der Waals surface area (Å²) in [5.74, 6) is 2.16. The highest BCUT2D eigenvalue weighted by molar-refractivity contribution is 6.05. The molecule has 0 amide bonds. The summed E-state index contributed by atoms with van der Waals surface area (Å²) in [7, 11) is 0. The van der Waals surface area contributed by atoms with Crippen LogP contribution < -0.4 is 9.47 Å². The molecule has 0 radical (unpaired) electrons. The lowest BCUT2D eigenvalue weighted by Crippen LogP contribution is -2.11. The minimum absolute atomic E-state index is 0.323. The van der Waals surface area contributed by atoms with E-state index in [-0.39, 0.29) is 0 Å². The Labute approximate surface area is 120 Å². The zero-order valence-electron chi connectivity index (χ0n) is 12.3. The number of oxime groups is 1. The van der Waals surface area contributed by atoms with E-state index >= 15 is 0 Å². The second-order valence-corrected chi connectivity index (χ2v) is 5.22. The van der Waals surface area contributed by atoms with Gasteiger partial charge in [-0.2, -0.15) is 0 Å². The van der Waals surface area contributed by atoms with Crippen molar-refractivity contribution in [2.75, 3.05) is 13.2 Å². The average molecular weight is 277 g/mol. The van der Waals surface area contributed by atoms with Crippen molar-refractivity contribution < 1.29 is 14.7 Å². The largest absolute Gasteiger partial charge is 0.493 e. The van der Waals surface area contributed by atoms with E-state index < -0.39 is 0 Å². The molecule has 20 heavy (non-hydrogen) atoms. The molecule has 0 saturated carbocycles. The Morgan fingerprint density at radius 3 is 2.95 bits per heavy atom. The highest BCUT2D eigenvalue weighted by Crippen LogP contribution is 2.30. The maximum Gasteiger partial charge on any atom is 0.134 e. The van der Waals surface area contributed by atoms with E-state index in [1.165, 1.54) is 19.3 Å². The zero-order chi connectivity index (χ0) is 14.4. The van der Waals surface area contributed by atoms with Crippen molar-refractivity contribution in [3.63, 3.8) is 0 Å². The molecule has 4 nitrogen and oxygen atoms in total. The molecule has 1 aliphatic rings. The van der Waals surface area contributed by atoms with Gasteiger partial charge in [-0.25, -0.2) is 0 Å². The minimum Gasteiger partial charge on any atom is -0.493 e. The van der Waals surface area contributed by atoms with Gasteiger partial charge in [0, 0.05) is 11.6 Å². The number of hydrogen-bond acceptors (Lipinski definition) is 4. The predicted molar refractivity (Wildman–Crippen MR) is 79.1 cm³/mol. The summed E-state index contributed by atoms with van der Waals surface area (Å²) in [6, 6.07) is 5.67. The molecule has 2 rings (SSSR count). The molecule has 1 aromatic carbocycles. The Morgan fingerprint density at radius 1 is 1.40 bits per heavy atom. The second kappa shape index (κ2) is 7.17. The highest BCUT2D eigenvalue weighted by Gasteiger charge is 2.20. The van der Waals surface area contributed by atoms with Gasteiger partial charge in [-0.3, -0.25) is 0 Å². The number of hydrogen-bond donors (Lipinski definition) is 1. The molecule has 1 N–H and O–H groups in total. The number of ether oxygens (including phenoxy) is 2. The number of benzene rings is 1. The van der Waals surface area contributed by atoms with Gasteiger partial charge in [0.2, 0.25) is 0 Å². The van der Waals surface area contributed by atoms with Crippen LogP contribution >= 0.6 is 0 Å². The van der Waals surface area contributed by atoms with Crippen LogP contribution in [0.15, 0.2) is 23.4 Å². The Hall–Kier alpha value is -1.71. The second-order valence-electron chi connectivity index (χ2n) is 5.22. The molecule has 1 atom stereocenters. The topological polar surface area (TPSA) is 51.0 Å². The SMILES string of the molecule is CCCCC(CC)COc1ccc2c(c1)OCC2=NO. The van der Waals surface area contributed by atoms with Crippen LogP contribution in [0.4, 0.5) is 0 Å². The van der Waals surface area contributed by atoms with Gasteiger partial charge in [0.05, 0.1) is 6.61 Å². The van der Waals surface area contributed by atoms with Crippen LogP contribution in [0.5, 0.6) is 11.5 Å². The highest BCUT2D eigenvalue weighted by atomic mass is 16.5. The Bertz CT molecular complexity index is 471. The van der Waals surface area contributed by atoms with Crippen LogP contribution in [0.3, 0.4) is 0 Å². The molecule has 0 spiro atoms. The number of nitrogens with zero attached hydrogens (tertiary/aromatic N) is 1. The fourth-order valence-corrected chi connectivity index (χ4v) is 2.37. The molecule has 0 bridgehead atoms. The molecule has 0 saturated heterocycles. The summed E-state index contributed by atoms with van der Waals surface area (Å²) in [6.45, 7) is 5.49. The Morgan fingerprint density at radius 2 is 2.25 bits per heavy atom. The van der Waals surface area contributed by atoms with Gasteiger partial charge in [0.25, 0.3) is 0 Å². The third-order valence-electron chi connectivity index (χ3n) is 3.78. The molecule has 4 heteroatoms. The zero-order valence-corrected chi connectivity index (χ0v) is 12.3. The van der Waals surface area contributed by atoms with Gasteiger partial charge >= 0.3 is 0 Å². The summed E-state index contributed by atoms with van der Waals surface area (Å²) in [4.78, 5) is 0. The van der Waals surface area contributed by atoms with Gasteiger partial charge in [0.15, 0.2) is 0 Å². The standard InChI is InChI=1S/C16H23NO3/c1-3-5-6-12(4-2)10-19-13-7-8-14-15(17-18)11-20-16(14)9-13/h7-9,12,18H,3-6,10-11H2,1-2H3. The summed E-state index contributed by atoms with van der Waals surface area (Å²) in [5.41, 5.74) is 1.42. The molecular formula is C16H23NO3. The molecular weight excluding hydrogens is 254 g/mol. The van der Waals surface area contributed by atoms with Crippen molar-refractivity contribution in [2.24, 2.45) is 11.1 Å². The van der Waals surface area contributed by atoms with Crippen molar-refractivity contribution >= 4 is 5.71 Å². The van der Waals surface area contributed by atoms with E-state index in [1.807, 2.05) is 18.2 Å². The summed E-state index contributed by atoms with van der Waals surface area (Å²) in [5, 5.41) is 12.1. The first-order valence-corrected chi connectivity index (χ1v) is 7.39. The van der Waals surface area contributed by atoms with Crippen molar-refractivity contribution in [1.29, 1.82) is 0 Å². The lowest BCUT2D eigenvalue weighted by molar-refractivity contribution is 0.232. The van der Waals surface area contributed by atoms with Crippen LogP contribution in [-0.4, -0.2) is 24.1 Å². The van der Waals surface area contributed by atoms with Crippen molar-refractivity contribution in [1.82, 2.24) is 0 Å². The fraction of sp³-hybridized carbons (Fsp3) is 0.562. The molecule has 1 aliphatic heterocycles. The maximum absolute atomic E-state index is 8.85. The average Bonchev–Trinajstić information content (AvgIpc) is 2.89. The van der Waals surface area contributed by atoms with Crippen LogP contribution in [0.1, 0.15) is 45.1 Å². The minimum atomic E-state index is 0.323. The number of fused-ring (bicyclic) bond motifs is 1. The van der Waals surface area contributed by atoms with E-state index in [1.54, 1.807) is 0 Å². The van der Waals surface area contributed by atoms with Crippen LogP contribution in [0.25, 0.3) is 0 Å². The van der Waals surface area contributed by atoms with Crippen LogP contribution in [-0.2, 0) is 0 Å². The summed E-state index contributed by atoms with van der Waals surface area (Å²) in [6.07, 6.45) is 4.84. The number of unbranched alkanes of at least 4 members (excludes halogenated alkanes) is 1. The lowest BCUT2D eigenvalue weighted by atomic mass is 10.0. The Balaban J connectivity index is 1.94. The maximum atomic E-state index is 8.85. The smallest absolute Gasteiger partial charge is 0.134 e. The predicted octanol–water partition coefficient (Wildman–Crippen LogP) is 3.85. The first kappa shape index (κ1) is 14.7. The van der Waals surface area contributed by atoms with Gasteiger partial charge < -0.3 is 14.7 Å². The molecule has 110 valence electrons. The van der Waals surface area contributed by atoms with Gasteiger partial charge in [-0.15, -0.1) is 0 Å². The molecule has 1 heterocycles. The molecule has 1 aromatic rings. The molecule has 0 fully saturated rings. The van der Waals surface area contributed by atoms with E-state index in [4.69, 9.17) is 14.7 Å². The van der Waals surface area contributed by atoms with E-state index in [0.717, 1.165) is 30.1 Å². The van der Waals surface area contributed by atoms with Crippen molar-refractivity contribution in [3.8, 4) is 11.5 Å². The first-order valence-electron chi connectivity index (χ1n) is 7.39. The third-order valence-corrected chi connectivity index (χ3v) is 3.78. The quantitative estimate of drug-likeness (QED) is 0.608. The van der Waals surface area contributed by atoms with Crippen LogP contribution in [0.2, 0.25) is 0 Å². The van der Waals surface area contributed by atoms with Gasteiger partial charge in [-0.05, 0) is 24.5 Å². The monoisotopic (exact) mass is 277 g/mol. The summed E-state index contributed by atoms with van der Waals surface area (Å²) >= 11 is 0. The lowest BCUT2D eigenvalue weighted by Gasteiger charge is -2.15. The summed E-state index contributed by atoms with van der Waals surface area (Å²) < 4.78 is 11.3. The molecule has 0 aromatic heterocycles. The molecule has 0 aliphatic carbocycles. The fourth-order valence-electron chi connectivity index (χ4n) is 2.37. The molecule has 1 unspecified atom stereocenters. The van der Waals surface area contributed by atoms with Crippen molar-refractivity contribution in [3.05, 3.63) is 23.8 Å². The van der Waals surface area contributed by atoms with Gasteiger partial charge in [-0.1, -0.05) is 38.3 Å². The third kappa shape index (κ3) is 3.44. The first-order chi connectivity index (χ1) is 9.78. The van der Waals surface area contributed by atoms with E-state index in [9.17, 15) is 0 Å². The Kier molecular flexibility index (Phi) is 5.27. The van der Waals surface area contributed by atoms with Crippen molar-refractivity contribution in [2.45, 2.75) is 39.5 Å². The van der Waals surface area contributed by atoms with Gasteiger partial charge in [0.1, 0.15) is 23.8 Å². The van der Waals surface area contributed by atoms with E-state index in [0.29, 0.717) is 18.2 Å². The number of rotatable bonds is 7. The normalized spacial score (nSPS) is 16.8. The van der Waals surface area contributed by atoms with E-state index in [2.05, 4.69) is 19.0 Å². The van der Waals surface area contributed by atoms with Crippen LogP contribution in [0, 0.1) is 5.92 Å².